The van der Waals surface area contributed by atoms with E-state index in [1.165, 1.54) is 0 Å². The summed E-state index contributed by atoms with van der Waals surface area (Å²) in [5.74, 6) is 0.516. The largest absolute Gasteiger partial charge is 0.489 e. The first-order valence-electron chi connectivity index (χ1n) is 8.59. The predicted octanol–water partition coefficient (Wildman–Crippen LogP) is 5.62. The second-order valence-electron chi connectivity index (χ2n) is 6.46. The number of ether oxygens (including phenoxy) is 1. The summed E-state index contributed by atoms with van der Waals surface area (Å²) < 4.78 is 5.86. The van der Waals surface area contributed by atoms with E-state index in [9.17, 15) is 9.59 Å². The number of hydrogen-bond donors (Lipinski definition) is 1. The fraction of sp³-hybridized carbons (Fsp3) is 0.143. The maximum atomic E-state index is 11.7. The second kappa shape index (κ2) is 8.03. The van der Waals surface area contributed by atoms with Crippen LogP contribution in [0.15, 0.2) is 54.6 Å². The number of thioether (sulfide) groups is 1. The lowest BCUT2D eigenvalue weighted by Crippen LogP contribution is -2.25. The highest BCUT2D eigenvalue weighted by atomic mass is 35.5. The molecule has 3 aromatic rings. The Hall–Kier alpha value is -2.21. The van der Waals surface area contributed by atoms with Crippen LogP contribution in [0.1, 0.15) is 11.1 Å². The number of amides is 2. The van der Waals surface area contributed by atoms with Crippen molar-refractivity contribution >= 4 is 56.9 Å². The quantitative estimate of drug-likeness (QED) is 0.569. The maximum absolute atomic E-state index is 11.7. The first kappa shape index (κ1) is 19.1. The van der Waals surface area contributed by atoms with Crippen LogP contribution in [-0.4, -0.2) is 16.4 Å². The SMILES string of the molecule is O=C1NC(=O)C(Cc2ccc3cc(OCc4ccc(Cl)cc4Cl)ccc3c2)S1. The number of imide groups is 1. The van der Waals surface area contributed by atoms with Crippen molar-refractivity contribution in [2.75, 3.05) is 0 Å². The van der Waals surface area contributed by atoms with Gasteiger partial charge in [0, 0.05) is 15.6 Å². The van der Waals surface area contributed by atoms with Crippen LogP contribution < -0.4 is 10.1 Å². The van der Waals surface area contributed by atoms with Crippen molar-refractivity contribution in [3.63, 3.8) is 0 Å². The molecule has 1 saturated heterocycles. The first-order valence-corrected chi connectivity index (χ1v) is 10.2. The average Bonchev–Trinajstić information content (AvgIpc) is 2.98. The minimum Gasteiger partial charge on any atom is -0.489 e. The minimum absolute atomic E-state index is 0.222. The van der Waals surface area contributed by atoms with Gasteiger partial charge in [0.2, 0.25) is 5.91 Å². The van der Waals surface area contributed by atoms with E-state index in [2.05, 4.69) is 5.32 Å². The topological polar surface area (TPSA) is 55.4 Å². The molecule has 1 unspecified atom stereocenters. The van der Waals surface area contributed by atoms with Crippen LogP contribution in [0.25, 0.3) is 10.8 Å². The summed E-state index contributed by atoms with van der Waals surface area (Å²) in [6.45, 7) is 0.349. The zero-order chi connectivity index (χ0) is 19.7. The van der Waals surface area contributed by atoms with Crippen molar-refractivity contribution in [1.82, 2.24) is 5.32 Å². The van der Waals surface area contributed by atoms with Gasteiger partial charge in [-0.05, 0) is 47.0 Å². The van der Waals surface area contributed by atoms with Crippen molar-refractivity contribution in [1.29, 1.82) is 0 Å². The Morgan fingerprint density at radius 3 is 2.50 bits per heavy atom. The Morgan fingerprint density at radius 2 is 1.75 bits per heavy atom. The maximum Gasteiger partial charge on any atom is 0.286 e. The van der Waals surface area contributed by atoms with Gasteiger partial charge >= 0.3 is 0 Å². The number of rotatable bonds is 5. The highest BCUT2D eigenvalue weighted by molar-refractivity contribution is 8.15. The van der Waals surface area contributed by atoms with Crippen molar-refractivity contribution in [2.45, 2.75) is 18.3 Å². The number of fused-ring (bicyclic) bond motifs is 1. The highest BCUT2D eigenvalue weighted by Crippen LogP contribution is 2.28. The molecule has 1 atom stereocenters. The third-order valence-corrected chi connectivity index (χ3v) is 6.04. The van der Waals surface area contributed by atoms with Gasteiger partial charge < -0.3 is 4.74 Å². The molecule has 2 amide bonds. The van der Waals surface area contributed by atoms with Gasteiger partial charge in [-0.3, -0.25) is 14.9 Å². The summed E-state index contributed by atoms with van der Waals surface area (Å²) in [7, 11) is 0. The summed E-state index contributed by atoms with van der Waals surface area (Å²) in [6, 6.07) is 17.2. The summed E-state index contributed by atoms with van der Waals surface area (Å²) in [5, 5.41) is 4.92. The van der Waals surface area contributed by atoms with Gasteiger partial charge in [0.1, 0.15) is 12.4 Å². The Bertz CT molecular complexity index is 1090. The lowest BCUT2D eigenvalue weighted by atomic mass is 10.0. The summed E-state index contributed by atoms with van der Waals surface area (Å²) in [4.78, 5) is 23.1. The van der Waals surface area contributed by atoms with Crippen LogP contribution in [0.5, 0.6) is 5.75 Å². The molecule has 0 aliphatic carbocycles. The van der Waals surface area contributed by atoms with Gasteiger partial charge in [0.05, 0.1) is 5.25 Å². The molecule has 0 radical (unpaired) electrons. The van der Waals surface area contributed by atoms with E-state index >= 15 is 0 Å². The number of halogens is 2. The molecular formula is C21H15Cl2NO3S. The number of hydrogen-bond acceptors (Lipinski definition) is 4. The lowest BCUT2D eigenvalue weighted by Gasteiger charge is -2.10. The standard InChI is InChI=1S/C21H15Cl2NO3S/c22-16-5-3-15(18(23)10-16)11-27-17-6-4-13-7-12(1-2-14(13)9-17)8-19-20(25)24-21(26)28-19/h1-7,9-10,19H,8,11H2,(H,24,25,26). The molecular weight excluding hydrogens is 417 g/mol. The monoisotopic (exact) mass is 431 g/mol. The molecule has 1 fully saturated rings. The Labute approximate surface area is 176 Å². The third kappa shape index (κ3) is 4.27. The van der Waals surface area contributed by atoms with Gasteiger partial charge in [-0.15, -0.1) is 0 Å². The summed E-state index contributed by atoms with van der Waals surface area (Å²) in [5.41, 5.74) is 1.87. The molecule has 0 aromatic heterocycles. The van der Waals surface area contributed by atoms with Gasteiger partial charge in [-0.25, -0.2) is 0 Å². The van der Waals surface area contributed by atoms with E-state index in [1.807, 2.05) is 42.5 Å². The van der Waals surface area contributed by atoms with Crippen LogP contribution in [0.4, 0.5) is 4.79 Å². The smallest absolute Gasteiger partial charge is 0.286 e. The zero-order valence-electron chi connectivity index (χ0n) is 14.6. The first-order chi connectivity index (χ1) is 13.5. The van der Waals surface area contributed by atoms with Crippen molar-refractivity contribution in [3.05, 3.63) is 75.8 Å². The molecule has 1 heterocycles. The van der Waals surface area contributed by atoms with Crippen LogP contribution in [-0.2, 0) is 17.8 Å². The molecule has 1 N–H and O–H groups in total. The van der Waals surface area contributed by atoms with Crippen molar-refractivity contribution < 1.29 is 14.3 Å². The molecule has 4 rings (SSSR count). The van der Waals surface area contributed by atoms with Crippen LogP contribution >= 0.6 is 35.0 Å². The molecule has 0 bridgehead atoms. The number of carbonyl (C=O) groups is 2. The molecule has 3 aromatic carbocycles. The summed E-state index contributed by atoms with van der Waals surface area (Å²) in [6.07, 6.45) is 0.519. The van der Waals surface area contributed by atoms with Crippen molar-refractivity contribution in [3.8, 4) is 5.75 Å². The normalized spacial score (nSPS) is 16.4. The fourth-order valence-electron chi connectivity index (χ4n) is 3.03. The lowest BCUT2D eigenvalue weighted by molar-refractivity contribution is -0.118. The van der Waals surface area contributed by atoms with E-state index in [0.717, 1.165) is 39.4 Å². The van der Waals surface area contributed by atoms with Gasteiger partial charge in [-0.2, -0.15) is 0 Å². The summed E-state index contributed by atoms with van der Waals surface area (Å²) >= 11 is 13.1. The van der Waals surface area contributed by atoms with Crippen LogP contribution in [0.2, 0.25) is 10.0 Å². The molecule has 1 aliphatic heterocycles. The molecule has 4 nitrogen and oxygen atoms in total. The predicted molar refractivity (Wildman–Crippen MR) is 113 cm³/mol. The molecule has 0 spiro atoms. The number of benzene rings is 3. The molecule has 28 heavy (non-hydrogen) atoms. The van der Waals surface area contributed by atoms with E-state index < -0.39 is 0 Å². The Balaban J connectivity index is 1.47. The fourth-order valence-corrected chi connectivity index (χ4v) is 4.35. The van der Waals surface area contributed by atoms with Gasteiger partial charge in [-0.1, -0.05) is 65.3 Å². The van der Waals surface area contributed by atoms with Crippen molar-refractivity contribution in [2.24, 2.45) is 0 Å². The molecule has 142 valence electrons. The molecule has 0 saturated carbocycles. The Morgan fingerprint density at radius 1 is 0.964 bits per heavy atom. The average molecular weight is 432 g/mol. The highest BCUT2D eigenvalue weighted by Gasteiger charge is 2.31. The van der Waals surface area contributed by atoms with Crippen LogP contribution in [0, 0.1) is 0 Å². The Kier molecular flexibility index (Phi) is 5.49. The second-order valence-corrected chi connectivity index (χ2v) is 8.47. The number of carbonyl (C=O) groups excluding carboxylic acids is 2. The number of nitrogens with one attached hydrogen (secondary N) is 1. The van der Waals surface area contributed by atoms with E-state index in [1.54, 1.807) is 12.1 Å². The molecule has 7 heteroatoms. The zero-order valence-corrected chi connectivity index (χ0v) is 16.9. The minimum atomic E-state index is -0.364. The third-order valence-electron chi connectivity index (χ3n) is 4.47. The van der Waals surface area contributed by atoms with Gasteiger partial charge in [0.15, 0.2) is 0 Å². The van der Waals surface area contributed by atoms with E-state index in [4.69, 9.17) is 27.9 Å². The van der Waals surface area contributed by atoms with Crippen LogP contribution in [0.3, 0.4) is 0 Å². The van der Waals surface area contributed by atoms with E-state index in [-0.39, 0.29) is 16.4 Å². The van der Waals surface area contributed by atoms with E-state index in [0.29, 0.717) is 23.1 Å². The van der Waals surface area contributed by atoms with Gasteiger partial charge in [0.25, 0.3) is 5.24 Å². The molecule has 1 aliphatic rings.